The van der Waals surface area contributed by atoms with Crippen molar-refractivity contribution in [2.24, 2.45) is 0 Å². The van der Waals surface area contributed by atoms with Crippen LogP contribution in [0, 0.1) is 0 Å². The van der Waals surface area contributed by atoms with Crippen LogP contribution in [-0.4, -0.2) is 47.3 Å². The maximum atomic E-state index is 12.2. The number of amides is 1. The van der Waals surface area contributed by atoms with Gasteiger partial charge in [-0.25, -0.2) is 4.98 Å². The molecular formula is C17H17N3O4S. The summed E-state index contributed by atoms with van der Waals surface area (Å²) in [5, 5.41) is 4.23. The number of ether oxygens (including phenoxy) is 2. The standard InChI is InChI=1S/C17H17N3O4S/c1-22-12-2-3-15-13(10-12)19-17(25-15)23-11-5-8-20(9-6-11)16(21)14-4-7-18-24-14/h2-4,7,10-11H,5-6,8-9H2,1H3. The first-order valence-electron chi connectivity index (χ1n) is 8.04. The highest BCUT2D eigenvalue weighted by molar-refractivity contribution is 7.20. The van der Waals surface area contributed by atoms with Crippen LogP contribution < -0.4 is 9.47 Å². The van der Waals surface area contributed by atoms with Crippen LogP contribution >= 0.6 is 11.3 Å². The Bertz CT molecular complexity index is 869. The first-order chi connectivity index (χ1) is 12.2. The van der Waals surface area contributed by atoms with Gasteiger partial charge in [-0.15, -0.1) is 0 Å². The maximum Gasteiger partial charge on any atom is 0.292 e. The average Bonchev–Trinajstić information content (AvgIpc) is 3.30. The van der Waals surface area contributed by atoms with Gasteiger partial charge in [-0.1, -0.05) is 16.5 Å². The van der Waals surface area contributed by atoms with Gasteiger partial charge < -0.3 is 18.9 Å². The molecule has 8 heteroatoms. The summed E-state index contributed by atoms with van der Waals surface area (Å²) >= 11 is 1.52. The third-order valence-corrected chi connectivity index (χ3v) is 5.15. The molecule has 0 radical (unpaired) electrons. The summed E-state index contributed by atoms with van der Waals surface area (Å²) in [4.78, 5) is 18.5. The van der Waals surface area contributed by atoms with Crippen LogP contribution in [0.2, 0.25) is 0 Å². The van der Waals surface area contributed by atoms with Crippen molar-refractivity contribution >= 4 is 27.5 Å². The molecule has 7 nitrogen and oxygen atoms in total. The van der Waals surface area contributed by atoms with E-state index in [2.05, 4.69) is 10.1 Å². The number of rotatable bonds is 4. The lowest BCUT2D eigenvalue weighted by molar-refractivity contribution is 0.0558. The van der Waals surface area contributed by atoms with E-state index in [0.29, 0.717) is 18.3 Å². The SMILES string of the molecule is COc1ccc2sc(OC3CCN(C(=O)c4ccno4)CC3)nc2c1. The minimum absolute atomic E-state index is 0.0567. The van der Waals surface area contributed by atoms with Crippen LogP contribution in [-0.2, 0) is 0 Å². The predicted molar refractivity (Wildman–Crippen MR) is 92.2 cm³/mol. The molecule has 1 aromatic carbocycles. The summed E-state index contributed by atoms with van der Waals surface area (Å²) in [7, 11) is 1.64. The van der Waals surface area contributed by atoms with Crippen molar-refractivity contribution in [1.82, 2.24) is 15.0 Å². The lowest BCUT2D eigenvalue weighted by Crippen LogP contribution is -2.41. The van der Waals surface area contributed by atoms with E-state index in [4.69, 9.17) is 14.0 Å². The number of methoxy groups -OCH3 is 1. The Labute approximate surface area is 148 Å². The molecule has 1 aliphatic rings. The highest BCUT2D eigenvalue weighted by Gasteiger charge is 2.27. The number of carbonyl (C=O) groups is 1. The van der Waals surface area contributed by atoms with Gasteiger partial charge in [-0.2, -0.15) is 0 Å². The first-order valence-corrected chi connectivity index (χ1v) is 8.86. The van der Waals surface area contributed by atoms with Gasteiger partial charge in [0.15, 0.2) is 0 Å². The Balaban J connectivity index is 1.37. The predicted octanol–water partition coefficient (Wildman–Crippen LogP) is 2.98. The number of hydrogen-bond acceptors (Lipinski definition) is 7. The van der Waals surface area contributed by atoms with Crippen molar-refractivity contribution in [3.05, 3.63) is 36.2 Å². The number of benzene rings is 1. The molecule has 0 aliphatic carbocycles. The third-order valence-electron chi connectivity index (χ3n) is 4.22. The van der Waals surface area contributed by atoms with Crippen LogP contribution in [0.1, 0.15) is 23.4 Å². The van der Waals surface area contributed by atoms with E-state index in [9.17, 15) is 4.79 Å². The molecule has 0 unspecified atom stereocenters. The van der Waals surface area contributed by atoms with Crippen molar-refractivity contribution < 1.29 is 18.8 Å². The Morgan fingerprint density at radius 1 is 1.32 bits per heavy atom. The number of carbonyl (C=O) groups excluding carboxylic acids is 1. The van der Waals surface area contributed by atoms with Gasteiger partial charge in [0.25, 0.3) is 11.1 Å². The molecule has 25 heavy (non-hydrogen) atoms. The lowest BCUT2D eigenvalue weighted by Gasteiger charge is -2.30. The molecular weight excluding hydrogens is 342 g/mol. The van der Waals surface area contributed by atoms with E-state index in [1.165, 1.54) is 17.5 Å². The lowest BCUT2D eigenvalue weighted by atomic mass is 10.1. The first kappa shape index (κ1) is 15.9. The number of likely N-dealkylation sites (tertiary alicyclic amines) is 1. The second kappa shape index (κ2) is 6.72. The molecule has 1 fully saturated rings. The van der Waals surface area contributed by atoms with E-state index >= 15 is 0 Å². The Kier molecular flexibility index (Phi) is 4.27. The molecule has 4 rings (SSSR count). The van der Waals surface area contributed by atoms with E-state index in [-0.39, 0.29) is 17.8 Å². The quantitative estimate of drug-likeness (QED) is 0.713. The molecule has 1 aliphatic heterocycles. The summed E-state index contributed by atoms with van der Waals surface area (Å²) in [6.07, 6.45) is 3.06. The Hall–Kier alpha value is -2.61. The van der Waals surface area contributed by atoms with Crippen LogP contribution in [0.4, 0.5) is 0 Å². The number of aromatic nitrogens is 2. The molecule has 0 saturated carbocycles. The Morgan fingerprint density at radius 2 is 2.16 bits per heavy atom. The zero-order valence-electron chi connectivity index (χ0n) is 13.7. The summed E-state index contributed by atoms with van der Waals surface area (Å²) in [5.74, 6) is 0.936. The molecule has 3 heterocycles. The summed E-state index contributed by atoms with van der Waals surface area (Å²) in [6.45, 7) is 1.26. The molecule has 2 aromatic heterocycles. The molecule has 0 N–H and O–H groups in total. The monoisotopic (exact) mass is 359 g/mol. The molecule has 0 atom stereocenters. The summed E-state index contributed by atoms with van der Waals surface area (Å²) in [5.41, 5.74) is 0.872. The minimum atomic E-state index is -0.122. The number of thiazole rings is 1. The van der Waals surface area contributed by atoms with Gasteiger partial charge in [0.1, 0.15) is 11.9 Å². The van der Waals surface area contributed by atoms with Crippen LogP contribution in [0.5, 0.6) is 10.9 Å². The largest absolute Gasteiger partial charge is 0.497 e. The Morgan fingerprint density at radius 3 is 2.88 bits per heavy atom. The van der Waals surface area contributed by atoms with Crippen LogP contribution in [0.25, 0.3) is 10.2 Å². The second-order valence-corrected chi connectivity index (χ2v) is 6.79. The van der Waals surface area contributed by atoms with Gasteiger partial charge in [0.05, 0.1) is 23.5 Å². The van der Waals surface area contributed by atoms with Crippen molar-refractivity contribution in [1.29, 1.82) is 0 Å². The summed E-state index contributed by atoms with van der Waals surface area (Å²) in [6, 6.07) is 7.38. The smallest absolute Gasteiger partial charge is 0.292 e. The van der Waals surface area contributed by atoms with Crippen LogP contribution in [0.15, 0.2) is 35.0 Å². The van der Waals surface area contributed by atoms with E-state index in [0.717, 1.165) is 28.8 Å². The topological polar surface area (TPSA) is 77.7 Å². The number of fused-ring (bicyclic) bond motifs is 1. The van der Waals surface area contributed by atoms with Crippen molar-refractivity contribution in [3.63, 3.8) is 0 Å². The highest BCUT2D eigenvalue weighted by Crippen LogP contribution is 2.32. The van der Waals surface area contributed by atoms with Gasteiger partial charge in [-0.3, -0.25) is 4.79 Å². The minimum Gasteiger partial charge on any atom is -0.497 e. The molecule has 1 amide bonds. The third kappa shape index (κ3) is 3.30. The van der Waals surface area contributed by atoms with Crippen molar-refractivity contribution in [2.45, 2.75) is 18.9 Å². The molecule has 0 bridgehead atoms. The van der Waals surface area contributed by atoms with E-state index in [1.54, 1.807) is 18.1 Å². The average molecular weight is 359 g/mol. The molecule has 0 spiro atoms. The summed E-state index contributed by atoms with van der Waals surface area (Å²) < 4.78 is 17.2. The van der Waals surface area contributed by atoms with Crippen LogP contribution in [0.3, 0.4) is 0 Å². The zero-order valence-corrected chi connectivity index (χ0v) is 14.5. The maximum absolute atomic E-state index is 12.2. The highest BCUT2D eigenvalue weighted by atomic mass is 32.1. The fourth-order valence-corrected chi connectivity index (χ4v) is 3.73. The van der Waals surface area contributed by atoms with Crippen molar-refractivity contribution in [3.8, 4) is 10.9 Å². The number of hydrogen-bond donors (Lipinski definition) is 0. The van der Waals surface area contributed by atoms with Crippen molar-refractivity contribution in [2.75, 3.05) is 20.2 Å². The zero-order chi connectivity index (χ0) is 17.2. The molecule has 130 valence electrons. The van der Waals surface area contributed by atoms with Gasteiger partial charge >= 0.3 is 0 Å². The van der Waals surface area contributed by atoms with Gasteiger partial charge in [0, 0.05) is 38.1 Å². The molecule has 3 aromatic rings. The number of piperidine rings is 1. The van der Waals surface area contributed by atoms with E-state index < -0.39 is 0 Å². The normalized spacial score (nSPS) is 15.5. The fraction of sp³-hybridized carbons (Fsp3) is 0.353. The van der Waals surface area contributed by atoms with E-state index in [1.807, 2.05) is 18.2 Å². The molecule has 1 saturated heterocycles. The fourth-order valence-electron chi connectivity index (χ4n) is 2.86. The van der Waals surface area contributed by atoms with Gasteiger partial charge in [0.2, 0.25) is 5.76 Å². The van der Waals surface area contributed by atoms with Gasteiger partial charge in [-0.05, 0) is 12.1 Å². The number of nitrogens with zero attached hydrogens (tertiary/aromatic N) is 3. The second-order valence-electron chi connectivity index (χ2n) is 5.80.